The highest BCUT2D eigenvalue weighted by molar-refractivity contribution is 7.92. The van der Waals surface area contributed by atoms with Crippen LogP contribution in [0, 0.1) is 13.8 Å². The van der Waals surface area contributed by atoms with E-state index in [2.05, 4.69) is 35.8 Å². The molecule has 4 rings (SSSR count). The zero-order valence-electron chi connectivity index (χ0n) is 14.9. The highest BCUT2D eigenvalue weighted by Gasteiger charge is 2.17. The molecule has 0 fully saturated rings. The molecule has 2 aromatic heterocycles. The minimum absolute atomic E-state index is 0.0845. The van der Waals surface area contributed by atoms with Crippen molar-refractivity contribution in [2.24, 2.45) is 0 Å². The van der Waals surface area contributed by atoms with Crippen molar-refractivity contribution in [3.8, 4) is 11.4 Å². The van der Waals surface area contributed by atoms with Gasteiger partial charge in [0.1, 0.15) is 6.33 Å². The number of anilines is 1. The molecule has 0 aliphatic heterocycles. The molecule has 0 atom stereocenters. The predicted octanol–water partition coefficient (Wildman–Crippen LogP) is 1.06. The number of tetrazole rings is 2. The number of hydrogen-bond donors (Lipinski definition) is 1. The standard InChI is InChI=1S/C16H15N9O2S/c1-11-6-7-13(8-16(11)25-12(2)18-21-23-25)19-28(26,27)15-5-3-4-14(9-15)24-10-17-20-22-24/h3-10,19H,1-2H3. The van der Waals surface area contributed by atoms with Crippen molar-refractivity contribution in [3.05, 3.63) is 60.2 Å². The van der Waals surface area contributed by atoms with Crippen LogP contribution in [0.15, 0.2) is 53.7 Å². The molecular weight excluding hydrogens is 382 g/mol. The Balaban J connectivity index is 1.68. The summed E-state index contributed by atoms with van der Waals surface area (Å²) in [5.41, 5.74) is 2.51. The molecular formula is C16H15N9O2S. The highest BCUT2D eigenvalue weighted by Crippen LogP contribution is 2.23. The van der Waals surface area contributed by atoms with E-state index in [1.807, 2.05) is 6.92 Å². The van der Waals surface area contributed by atoms with Gasteiger partial charge in [-0.15, -0.1) is 10.2 Å². The summed E-state index contributed by atoms with van der Waals surface area (Å²) in [5.74, 6) is 0.595. The Labute approximate surface area is 160 Å². The van der Waals surface area contributed by atoms with Gasteiger partial charge < -0.3 is 0 Å². The Hall–Kier alpha value is -3.67. The molecule has 2 aromatic carbocycles. The lowest BCUT2D eigenvalue weighted by Gasteiger charge is -2.12. The maximum absolute atomic E-state index is 12.9. The average Bonchev–Trinajstić information content (AvgIpc) is 3.35. The normalized spacial score (nSPS) is 11.5. The molecule has 12 heteroatoms. The fourth-order valence-electron chi connectivity index (χ4n) is 2.64. The molecule has 0 spiro atoms. The first kappa shape index (κ1) is 17.7. The molecule has 11 nitrogen and oxygen atoms in total. The van der Waals surface area contributed by atoms with Gasteiger partial charge in [-0.1, -0.05) is 12.1 Å². The van der Waals surface area contributed by atoms with Crippen molar-refractivity contribution in [1.29, 1.82) is 0 Å². The lowest BCUT2D eigenvalue weighted by atomic mass is 10.2. The van der Waals surface area contributed by atoms with Gasteiger partial charge in [0, 0.05) is 0 Å². The van der Waals surface area contributed by atoms with Crippen LogP contribution >= 0.6 is 0 Å². The molecule has 2 heterocycles. The number of aryl methyl sites for hydroxylation is 2. The number of nitrogens with one attached hydrogen (secondary N) is 1. The van der Waals surface area contributed by atoms with E-state index in [-0.39, 0.29) is 4.90 Å². The molecule has 0 amide bonds. The Morgan fingerprint density at radius 2 is 1.86 bits per heavy atom. The summed E-state index contributed by atoms with van der Waals surface area (Å²) in [6.45, 7) is 3.66. The Kier molecular flexibility index (Phi) is 4.31. The van der Waals surface area contributed by atoms with Crippen molar-refractivity contribution in [1.82, 2.24) is 40.4 Å². The zero-order chi connectivity index (χ0) is 19.7. The molecule has 0 saturated carbocycles. The fourth-order valence-corrected chi connectivity index (χ4v) is 3.73. The van der Waals surface area contributed by atoms with Gasteiger partial charge in [0.15, 0.2) is 5.82 Å². The van der Waals surface area contributed by atoms with Gasteiger partial charge >= 0.3 is 0 Å². The van der Waals surface area contributed by atoms with Crippen molar-refractivity contribution in [3.63, 3.8) is 0 Å². The number of sulfonamides is 1. The van der Waals surface area contributed by atoms with Crippen LogP contribution in [-0.2, 0) is 10.0 Å². The van der Waals surface area contributed by atoms with E-state index in [4.69, 9.17) is 0 Å². The van der Waals surface area contributed by atoms with Gasteiger partial charge in [-0.25, -0.2) is 13.1 Å². The number of benzene rings is 2. The van der Waals surface area contributed by atoms with Crippen LogP contribution in [0.4, 0.5) is 5.69 Å². The predicted molar refractivity (Wildman–Crippen MR) is 98.6 cm³/mol. The first-order valence-electron chi connectivity index (χ1n) is 8.16. The summed E-state index contributed by atoms with van der Waals surface area (Å²) in [6.07, 6.45) is 1.39. The Morgan fingerprint density at radius 3 is 2.57 bits per heavy atom. The minimum Gasteiger partial charge on any atom is -0.280 e. The summed E-state index contributed by atoms with van der Waals surface area (Å²) < 4.78 is 31.2. The van der Waals surface area contributed by atoms with Gasteiger partial charge in [0.2, 0.25) is 0 Å². The van der Waals surface area contributed by atoms with E-state index in [1.165, 1.54) is 23.1 Å². The minimum atomic E-state index is -3.83. The van der Waals surface area contributed by atoms with Crippen molar-refractivity contribution >= 4 is 15.7 Å². The van der Waals surface area contributed by atoms with E-state index in [0.717, 1.165) is 5.56 Å². The fraction of sp³-hybridized carbons (Fsp3) is 0.125. The maximum atomic E-state index is 12.9. The van der Waals surface area contributed by atoms with E-state index < -0.39 is 10.0 Å². The second-order valence-electron chi connectivity index (χ2n) is 6.00. The van der Waals surface area contributed by atoms with E-state index in [0.29, 0.717) is 22.9 Å². The SMILES string of the molecule is Cc1ccc(NS(=O)(=O)c2cccc(-n3cnnn3)c2)cc1-n1nnnc1C. The van der Waals surface area contributed by atoms with Crippen LogP contribution in [0.3, 0.4) is 0 Å². The summed E-state index contributed by atoms with van der Waals surface area (Å²) in [4.78, 5) is 0.0845. The van der Waals surface area contributed by atoms with Gasteiger partial charge in [0.05, 0.1) is 22.0 Å². The molecule has 1 N–H and O–H groups in total. The first-order chi connectivity index (χ1) is 13.4. The monoisotopic (exact) mass is 397 g/mol. The second-order valence-corrected chi connectivity index (χ2v) is 7.68. The molecule has 0 aliphatic carbocycles. The van der Waals surface area contributed by atoms with Crippen LogP contribution in [0.1, 0.15) is 11.4 Å². The van der Waals surface area contributed by atoms with Crippen LogP contribution in [0.25, 0.3) is 11.4 Å². The highest BCUT2D eigenvalue weighted by atomic mass is 32.2. The lowest BCUT2D eigenvalue weighted by molar-refractivity contribution is 0.601. The zero-order valence-corrected chi connectivity index (χ0v) is 15.7. The maximum Gasteiger partial charge on any atom is 0.261 e. The first-order valence-corrected chi connectivity index (χ1v) is 9.64. The quantitative estimate of drug-likeness (QED) is 0.528. The smallest absolute Gasteiger partial charge is 0.261 e. The Bertz CT molecular complexity index is 1230. The molecule has 142 valence electrons. The van der Waals surface area contributed by atoms with Crippen LogP contribution in [0.5, 0.6) is 0 Å². The molecule has 0 bridgehead atoms. The number of rotatable bonds is 5. The van der Waals surface area contributed by atoms with Crippen molar-refractivity contribution in [2.75, 3.05) is 4.72 Å². The third-order valence-electron chi connectivity index (χ3n) is 4.06. The number of aromatic nitrogens is 8. The number of hydrogen-bond acceptors (Lipinski definition) is 8. The van der Waals surface area contributed by atoms with Crippen LogP contribution < -0.4 is 4.72 Å². The van der Waals surface area contributed by atoms with Crippen molar-refractivity contribution in [2.45, 2.75) is 18.7 Å². The molecule has 28 heavy (non-hydrogen) atoms. The molecule has 0 saturated heterocycles. The van der Waals surface area contributed by atoms with E-state index in [9.17, 15) is 8.42 Å². The van der Waals surface area contributed by atoms with Crippen LogP contribution in [0.2, 0.25) is 0 Å². The Morgan fingerprint density at radius 1 is 1.00 bits per heavy atom. The van der Waals surface area contributed by atoms with Gasteiger partial charge in [-0.05, 0) is 70.6 Å². The third-order valence-corrected chi connectivity index (χ3v) is 5.44. The van der Waals surface area contributed by atoms with Gasteiger partial charge in [-0.2, -0.15) is 4.68 Å². The summed E-state index contributed by atoms with van der Waals surface area (Å²) in [6, 6.07) is 11.5. The lowest BCUT2D eigenvalue weighted by Crippen LogP contribution is -2.14. The largest absolute Gasteiger partial charge is 0.280 e. The summed E-state index contributed by atoms with van der Waals surface area (Å²) in [7, 11) is -3.83. The summed E-state index contributed by atoms with van der Waals surface area (Å²) in [5, 5.41) is 22.3. The second kappa shape index (κ2) is 6.81. The number of nitrogens with zero attached hydrogens (tertiary/aromatic N) is 8. The topological polar surface area (TPSA) is 133 Å². The van der Waals surface area contributed by atoms with E-state index >= 15 is 0 Å². The van der Waals surface area contributed by atoms with Gasteiger partial charge in [0.25, 0.3) is 10.0 Å². The molecule has 4 aromatic rings. The molecule has 0 aliphatic rings. The molecule has 0 unspecified atom stereocenters. The summed E-state index contributed by atoms with van der Waals surface area (Å²) >= 11 is 0. The molecule has 0 radical (unpaired) electrons. The van der Waals surface area contributed by atoms with E-state index in [1.54, 1.807) is 41.9 Å². The van der Waals surface area contributed by atoms with Crippen molar-refractivity contribution < 1.29 is 8.42 Å². The van der Waals surface area contributed by atoms with Gasteiger partial charge in [-0.3, -0.25) is 4.72 Å². The third kappa shape index (κ3) is 3.32. The van der Waals surface area contributed by atoms with Crippen LogP contribution in [-0.4, -0.2) is 48.8 Å². The average molecular weight is 397 g/mol.